The third-order valence-corrected chi connectivity index (χ3v) is 4.42. The molecular weight excluding hydrogens is 361 g/mol. The third kappa shape index (κ3) is 4.36. The first-order valence-corrected chi connectivity index (χ1v) is 8.49. The number of hydrazine groups is 1. The molecule has 0 spiro atoms. The fourth-order valence-corrected chi connectivity index (χ4v) is 2.84. The summed E-state index contributed by atoms with van der Waals surface area (Å²) in [4.78, 5) is 11.9. The number of carbonyl (C=O) groups is 1. The highest BCUT2D eigenvalue weighted by Gasteiger charge is 2.17. The summed E-state index contributed by atoms with van der Waals surface area (Å²) >= 11 is 6.03. The van der Waals surface area contributed by atoms with Crippen LogP contribution in [0.25, 0.3) is 0 Å². The van der Waals surface area contributed by atoms with Crippen molar-refractivity contribution >= 4 is 23.3 Å². The maximum atomic E-state index is 13.7. The second-order valence-corrected chi connectivity index (χ2v) is 6.24. The number of fused-ring (bicyclic) bond motifs is 1. The summed E-state index contributed by atoms with van der Waals surface area (Å²) in [5, 5.41) is 3.32. The largest absolute Gasteiger partial charge is 0.467 e. The van der Waals surface area contributed by atoms with Crippen molar-refractivity contribution < 1.29 is 18.7 Å². The first-order valence-electron chi connectivity index (χ1n) is 8.11. The van der Waals surface area contributed by atoms with Crippen LogP contribution in [-0.2, 0) is 17.8 Å². The molecule has 2 aromatic carbocycles. The Bertz CT molecular complexity index is 817. The average molecular weight is 380 g/mol. The molecule has 1 aliphatic heterocycles. The molecule has 0 fully saturated rings. The van der Waals surface area contributed by atoms with Gasteiger partial charge in [0, 0.05) is 17.1 Å². The van der Waals surface area contributed by atoms with Crippen molar-refractivity contribution in [3.63, 3.8) is 0 Å². The number of hydrogen-bond acceptors (Lipinski definition) is 4. The van der Waals surface area contributed by atoms with E-state index < -0.39 is 6.03 Å². The van der Waals surface area contributed by atoms with Crippen LogP contribution >= 0.6 is 11.6 Å². The van der Waals surface area contributed by atoms with Crippen molar-refractivity contribution in [3.8, 4) is 5.75 Å². The maximum absolute atomic E-state index is 13.7. The Morgan fingerprint density at radius 3 is 3.04 bits per heavy atom. The van der Waals surface area contributed by atoms with Gasteiger partial charge in [-0.3, -0.25) is 10.9 Å². The number of halogens is 2. The molecule has 1 aliphatic rings. The zero-order valence-electron chi connectivity index (χ0n) is 14.2. The highest BCUT2D eigenvalue weighted by molar-refractivity contribution is 6.31. The molecule has 3 N–H and O–H groups in total. The number of carbonyl (C=O) groups excluding carboxylic acids is 1. The van der Waals surface area contributed by atoms with Crippen molar-refractivity contribution in [2.75, 3.05) is 18.8 Å². The van der Waals surface area contributed by atoms with E-state index in [4.69, 9.17) is 21.1 Å². The molecule has 2 amide bonds. The molecular formula is C18H19ClFN3O3. The van der Waals surface area contributed by atoms with Crippen LogP contribution in [0.5, 0.6) is 5.75 Å². The Kier molecular flexibility index (Phi) is 5.80. The van der Waals surface area contributed by atoms with E-state index in [1.807, 2.05) is 6.92 Å². The molecule has 1 heterocycles. The third-order valence-electron chi connectivity index (χ3n) is 4.01. The highest BCUT2D eigenvalue weighted by Crippen LogP contribution is 2.29. The van der Waals surface area contributed by atoms with Gasteiger partial charge in [0.15, 0.2) is 6.79 Å². The van der Waals surface area contributed by atoms with Crippen LogP contribution in [0.2, 0.25) is 5.02 Å². The molecule has 3 rings (SSSR count). The van der Waals surface area contributed by atoms with Gasteiger partial charge in [-0.1, -0.05) is 17.7 Å². The molecule has 2 aromatic rings. The lowest BCUT2D eigenvalue weighted by Gasteiger charge is -2.21. The van der Waals surface area contributed by atoms with Crippen LogP contribution in [0, 0.1) is 12.7 Å². The SMILES string of the molecule is Cc1c(Cl)cccc1NNC(=O)NCCc1cc(F)cc2c1OCOC2. The minimum atomic E-state index is -0.404. The monoisotopic (exact) mass is 379 g/mol. The zero-order valence-corrected chi connectivity index (χ0v) is 15.0. The summed E-state index contributed by atoms with van der Waals surface area (Å²) in [6.07, 6.45) is 0.434. The fourth-order valence-electron chi connectivity index (χ4n) is 2.66. The number of amides is 2. The van der Waals surface area contributed by atoms with Crippen LogP contribution in [-0.4, -0.2) is 19.4 Å². The van der Waals surface area contributed by atoms with Crippen molar-refractivity contribution in [3.05, 3.63) is 57.9 Å². The van der Waals surface area contributed by atoms with Crippen molar-refractivity contribution in [1.82, 2.24) is 10.7 Å². The van der Waals surface area contributed by atoms with E-state index in [-0.39, 0.29) is 12.6 Å². The minimum absolute atomic E-state index is 0.141. The van der Waals surface area contributed by atoms with Gasteiger partial charge in [-0.05, 0) is 48.7 Å². The van der Waals surface area contributed by atoms with Crippen LogP contribution in [0.15, 0.2) is 30.3 Å². The number of rotatable bonds is 5. The molecule has 6 nitrogen and oxygen atoms in total. The van der Waals surface area contributed by atoms with Crippen LogP contribution in [0.4, 0.5) is 14.9 Å². The van der Waals surface area contributed by atoms with E-state index >= 15 is 0 Å². The molecule has 0 saturated heterocycles. The second kappa shape index (κ2) is 8.25. The Morgan fingerprint density at radius 1 is 1.35 bits per heavy atom. The molecule has 0 bridgehead atoms. The predicted molar refractivity (Wildman–Crippen MR) is 96.7 cm³/mol. The van der Waals surface area contributed by atoms with E-state index in [1.54, 1.807) is 18.2 Å². The van der Waals surface area contributed by atoms with E-state index in [2.05, 4.69) is 16.2 Å². The fraction of sp³-hybridized carbons (Fsp3) is 0.278. The number of hydrogen-bond donors (Lipinski definition) is 3. The van der Waals surface area contributed by atoms with Gasteiger partial charge < -0.3 is 14.8 Å². The number of anilines is 1. The molecule has 138 valence electrons. The van der Waals surface area contributed by atoms with Crippen LogP contribution in [0.3, 0.4) is 0 Å². The molecule has 0 aliphatic carbocycles. The first kappa shape index (κ1) is 18.3. The molecule has 26 heavy (non-hydrogen) atoms. The van der Waals surface area contributed by atoms with Gasteiger partial charge in [0.05, 0.1) is 12.3 Å². The van der Waals surface area contributed by atoms with Gasteiger partial charge in [-0.15, -0.1) is 0 Å². The first-order chi connectivity index (χ1) is 12.5. The van der Waals surface area contributed by atoms with Crippen molar-refractivity contribution in [1.29, 1.82) is 0 Å². The summed E-state index contributed by atoms with van der Waals surface area (Å²) in [6, 6.07) is 7.77. The Hall–Kier alpha value is -2.51. The average Bonchev–Trinajstić information content (AvgIpc) is 2.62. The standard InChI is InChI=1S/C18H19ClFN3O3/c1-11-15(19)3-2-4-16(11)22-23-18(24)21-6-5-12-7-14(20)8-13-9-25-10-26-17(12)13/h2-4,7-8,22H,5-6,9-10H2,1H3,(H2,21,23,24). The van der Waals surface area contributed by atoms with E-state index in [1.165, 1.54) is 12.1 Å². The van der Waals surface area contributed by atoms with E-state index in [0.717, 1.165) is 5.56 Å². The summed E-state index contributed by atoms with van der Waals surface area (Å²) in [5.74, 6) is 0.280. The predicted octanol–water partition coefficient (Wildman–Crippen LogP) is 3.52. The van der Waals surface area contributed by atoms with E-state index in [9.17, 15) is 9.18 Å². The summed E-state index contributed by atoms with van der Waals surface area (Å²) in [6.45, 7) is 2.63. The number of benzene rings is 2. The van der Waals surface area contributed by atoms with Gasteiger partial charge in [0.1, 0.15) is 11.6 Å². The summed E-state index contributed by atoms with van der Waals surface area (Å²) in [5.41, 5.74) is 8.27. The lowest BCUT2D eigenvalue weighted by molar-refractivity contribution is -0.0172. The van der Waals surface area contributed by atoms with Gasteiger partial charge >= 0.3 is 6.03 Å². The zero-order chi connectivity index (χ0) is 18.5. The molecule has 0 radical (unpaired) electrons. The second-order valence-electron chi connectivity index (χ2n) is 5.83. The van der Waals surface area contributed by atoms with Gasteiger partial charge in [-0.25, -0.2) is 9.18 Å². The summed E-state index contributed by atoms with van der Waals surface area (Å²) in [7, 11) is 0. The normalized spacial score (nSPS) is 12.7. The van der Waals surface area contributed by atoms with Crippen molar-refractivity contribution in [2.45, 2.75) is 20.0 Å². The van der Waals surface area contributed by atoms with Crippen molar-refractivity contribution in [2.24, 2.45) is 0 Å². The smallest absolute Gasteiger partial charge is 0.333 e. The summed E-state index contributed by atoms with van der Waals surface area (Å²) < 4.78 is 24.3. The number of ether oxygens (including phenoxy) is 2. The van der Waals surface area contributed by atoms with Gasteiger partial charge in [0.2, 0.25) is 0 Å². The number of nitrogens with one attached hydrogen (secondary N) is 3. The Balaban J connectivity index is 1.51. The topological polar surface area (TPSA) is 71.6 Å². The molecule has 0 saturated carbocycles. The Morgan fingerprint density at radius 2 is 2.19 bits per heavy atom. The van der Waals surface area contributed by atoms with Gasteiger partial charge in [0.25, 0.3) is 0 Å². The lowest BCUT2D eigenvalue weighted by Crippen LogP contribution is -2.40. The highest BCUT2D eigenvalue weighted by atomic mass is 35.5. The molecule has 0 aromatic heterocycles. The molecule has 0 unspecified atom stereocenters. The lowest BCUT2D eigenvalue weighted by atomic mass is 10.1. The quantitative estimate of drug-likeness (QED) is 0.695. The molecule has 0 atom stereocenters. The van der Waals surface area contributed by atoms with Gasteiger partial charge in [-0.2, -0.15) is 0 Å². The van der Waals surface area contributed by atoms with Crippen LogP contribution in [0.1, 0.15) is 16.7 Å². The maximum Gasteiger partial charge on any atom is 0.333 e. The Labute approximate surface area is 155 Å². The number of urea groups is 1. The van der Waals surface area contributed by atoms with E-state index in [0.29, 0.717) is 47.2 Å². The molecule has 8 heteroatoms. The van der Waals surface area contributed by atoms with Crippen LogP contribution < -0.4 is 20.9 Å². The minimum Gasteiger partial charge on any atom is -0.467 e.